The van der Waals surface area contributed by atoms with Gasteiger partial charge in [-0.3, -0.25) is 4.79 Å². The van der Waals surface area contributed by atoms with Crippen molar-refractivity contribution in [2.75, 3.05) is 19.6 Å². The third kappa shape index (κ3) is 3.87. The molecule has 5 heteroatoms. The zero-order valence-corrected chi connectivity index (χ0v) is 11.0. The maximum absolute atomic E-state index is 11.5. The molecule has 94 valence electrons. The second-order valence-corrected chi connectivity index (χ2v) is 4.39. The Bertz CT molecular complexity index is 381. The summed E-state index contributed by atoms with van der Waals surface area (Å²) < 4.78 is 0. The number of benzene rings is 1. The smallest absolute Gasteiger partial charge is 0.225 e. The molecule has 0 atom stereocenters. The molecule has 0 saturated carbocycles. The van der Waals surface area contributed by atoms with Gasteiger partial charge < -0.3 is 10.6 Å². The van der Waals surface area contributed by atoms with Gasteiger partial charge in [0, 0.05) is 24.7 Å². The maximum Gasteiger partial charge on any atom is 0.225 e. The van der Waals surface area contributed by atoms with Crippen molar-refractivity contribution in [3.8, 4) is 0 Å². The third-order valence-corrected chi connectivity index (χ3v) is 3.17. The second-order valence-electron chi connectivity index (χ2n) is 3.99. The average Bonchev–Trinajstić information content (AvgIpc) is 2.18. The first kappa shape index (κ1) is 14.3. The van der Waals surface area contributed by atoms with Crippen LogP contribution in [0.5, 0.6) is 0 Å². The molecule has 1 amide bonds. The van der Waals surface area contributed by atoms with Crippen molar-refractivity contribution in [1.29, 1.82) is 0 Å². The van der Waals surface area contributed by atoms with Crippen LogP contribution in [0.3, 0.4) is 0 Å². The van der Waals surface area contributed by atoms with Crippen LogP contribution >= 0.6 is 24.0 Å². The van der Waals surface area contributed by atoms with Gasteiger partial charge in [-0.1, -0.05) is 29.8 Å². The van der Waals surface area contributed by atoms with Crippen molar-refractivity contribution >= 4 is 29.9 Å². The normalized spacial score (nSPS) is 14.6. The van der Waals surface area contributed by atoms with Crippen LogP contribution in [0, 0.1) is 5.92 Å². The summed E-state index contributed by atoms with van der Waals surface area (Å²) >= 11 is 6.02. The molecule has 17 heavy (non-hydrogen) atoms. The first-order valence-corrected chi connectivity index (χ1v) is 5.87. The van der Waals surface area contributed by atoms with Gasteiger partial charge >= 0.3 is 0 Å². The number of carbonyl (C=O) groups excluding carboxylic acids is 1. The highest BCUT2D eigenvalue weighted by molar-refractivity contribution is 6.31. The van der Waals surface area contributed by atoms with Crippen LogP contribution in [0.4, 0.5) is 0 Å². The van der Waals surface area contributed by atoms with Crippen LogP contribution in [0.15, 0.2) is 24.3 Å². The quantitative estimate of drug-likeness (QED) is 0.877. The molecule has 1 aliphatic heterocycles. The fraction of sp³-hybridized carbons (Fsp3) is 0.417. The van der Waals surface area contributed by atoms with Gasteiger partial charge in [-0.2, -0.15) is 0 Å². The topological polar surface area (TPSA) is 41.1 Å². The zero-order valence-electron chi connectivity index (χ0n) is 9.41. The van der Waals surface area contributed by atoms with Gasteiger partial charge in [0.1, 0.15) is 0 Å². The lowest BCUT2D eigenvalue weighted by Gasteiger charge is -2.25. The Morgan fingerprint density at radius 3 is 2.71 bits per heavy atom. The van der Waals surface area contributed by atoms with Crippen LogP contribution in [-0.2, 0) is 11.2 Å². The monoisotopic (exact) mass is 274 g/mol. The van der Waals surface area contributed by atoms with E-state index in [0.29, 0.717) is 6.54 Å². The van der Waals surface area contributed by atoms with E-state index < -0.39 is 0 Å². The first-order valence-electron chi connectivity index (χ1n) is 5.49. The molecule has 3 nitrogen and oxygen atoms in total. The standard InChI is InChI=1S/C12H15ClN2O.ClH/c13-11-4-2-1-3-9(11)5-6-15-12(16)10-7-14-8-10;/h1-4,10,14H,5-8H2,(H,15,16);1H. The van der Waals surface area contributed by atoms with Crippen molar-refractivity contribution in [2.45, 2.75) is 6.42 Å². The van der Waals surface area contributed by atoms with Gasteiger partial charge in [-0.05, 0) is 18.1 Å². The Labute approximate surface area is 112 Å². The van der Waals surface area contributed by atoms with Crippen LogP contribution in [0.1, 0.15) is 5.56 Å². The molecule has 1 aliphatic rings. The van der Waals surface area contributed by atoms with Crippen molar-refractivity contribution in [3.05, 3.63) is 34.9 Å². The highest BCUT2D eigenvalue weighted by atomic mass is 35.5. The molecule has 1 saturated heterocycles. The van der Waals surface area contributed by atoms with Crippen LogP contribution in [0.25, 0.3) is 0 Å². The summed E-state index contributed by atoms with van der Waals surface area (Å²) in [5.41, 5.74) is 1.08. The fourth-order valence-electron chi connectivity index (χ4n) is 1.64. The summed E-state index contributed by atoms with van der Waals surface area (Å²) in [5, 5.41) is 6.77. The van der Waals surface area contributed by atoms with E-state index in [9.17, 15) is 4.79 Å². The molecule has 0 bridgehead atoms. The number of rotatable bonds is 4. The van der Waals surface area contributed by atoms with E-state index in [0.717, 1.165) is 30.1 Å². The van der Waals surface area contributed by atoms with Crippen molar-refractivity contribution in [3.63, 3.8) is 0 Å². The van der Waals surface area contributed by atoms with Gasteiger partial charge in [0.05, 0.1) is 5.92 Å². The molecule has 0 aliphatic carbocycles. The van der Waals surface area contributed by atoms with E-state index >= 15 is 0 Å². The van der Waals surface area contributed by atoms with Crippen molar-refractivity contribution in [1.82, 2.24) is 10.6 Å². The second kappa shape index (κ2) is 6.84. The summed E-state index contributed by atoms with van der Waals surface area (Å²) in [7, 11) is 0. The number of hydrogen-bond acceptors (Lipinski definition) is 2. The van der Waals surface area contributed by atoms with Crippen LogP contribution < -0.4 is 10.6 Å². The predicted octanol–water partition coefficient (Wildman–Crippen LogP) is 1.64. The minimum Gasteiger partial charge on any atom is -0.355 e. The third-order valence-electron chi connectivity index (χ3n) is 2.80. The summed E-state index contributed by atoms with van der Waals surface area (Å²) in [6.45, 7) is 2.26. The molecule has 1 aromatic carbocycles. The molecule has 0 radical (unpaired) electrons. The van der Waals surface area contributed by atoms with E-state index in [1.807, 2.05) is 24.3 Å². The van der Waals surface area contributed by atoms with Gasteiger partial charge in [-0.25, -0.2) is 0 Å². The molecule has 1 aromatic rings. The van der Waals surface area contributed by atoms with E-state index in [4.69, 9.17) is 11.6 Å². The largest absolute Gasteiger partial charge is 0.355 e. The molecule has 1 fully saturated rings. The molecule has 2 rings (SSSR count). The first-order chi connectivity index (χ1) is 7.77. The Morgan fingerprint density at radius 2 is 2.12 bits per heavy atom. The molecular weight excluding hydrogens is 259 g/mol. The number of halogens is 2. The van der Waals surface area contributed by atoms with E-state index in [1.165, 1.54) is 0 Å². The molecule has 0 aromatic heterocycles. The van der Waals surface area contributed by atoms with Crippen molar-refractivity contribution in [2.24, 2.45) is 5.92 Å². The number of nitrogens with one attached hydrogen (secondary N) is 2. The van der Waals surface area contributed by atoms with Gasteiger partial charge in [-0.15, -0.1) is 12.4 Å². The summed E-state index contributed by atoms with van der Waals surface area (Å²) in [5.74, 6) is 0.303. The zero-order chi connectivity index (χ0) is 11.4. The predicted molar refractivity (Wildman–Crippen MR) is 71.8 cm³/mol. The minimum atomic E-state index is 0. The Balaban J connectivity index is 0.00000144. The molecular formula is C12H16Cl2N2O. The van der Waals surface area contributed by atoms with Gasteiger partial charge in [0.2, 0.25) is 5.91 Å². The summed E-state index contributed by atoms with van der Waals surface area (Å²) in [4.78, 5) is 11.5. The number of amides is 1. The lowest BCUT2D eigenvalue weighted by molar-refractivity contribution is -0.126. The van der Waals surface area contributed by atoms with E-state index in [2.05, 4.69) is 10.6 Å². The van der Waals surface area contributed by atoms with Crippen LogP contribution in [-0.4, -0.2) is 25.5 Å². The summed E-state index contributed by atoms with van der Waals surface area (Å²) in [6, 6.07) is 7.72. The number of carbonyl (C=O) groups is 1. The lowest BCUT2D eigenvalue weighted by Crippen LogP contribution is -2.51. The maximum atomic E-state index is 11.5. The summed E-state index contributed by atoms with van der Waals surface area (Å²) in [6.07, 6.45) is 0.783. The van der Waals surface area contributed by atoms with Crippen LogP contribution in [0.2, 0.25) is 5.02 Å². The van der Waals surface area contributed by atoms with E-state index in [-0.39, 0.29) is 24.2 Å². The molecule has 0 unspecified atom stereocenters. The Morgan fingerprint density at radius 1 is 1.41 bits per heavy atom. The molecule has 0 spiro atoms. The SMILES string of the molecule is Cl.O=C(NCCc1ccccc1Cl)C1CNC1. The highest BCUT2D eigenvalue weighted by Crippen LogP contribution is 2.14. The highest BCUT2D eigenvalue weighted by Gasteiger charge is 2.24. The van der Waals surface area contributed by atoms with Gasteiger partial charge in [0.25, 0.3) is 0 Å². The minimum absolute atomic E-state index is 0. The fourth-order valence-corrected chi connectivity index (χ4v) is 1.87. The Hall–Kier alpha value is -0.770. The average molecular weight is 275 g/mol. The van der Waals surface area contributed by atoms with Gasteiger partial charge in [0.15, 0.2) is 0 Å². The molecule has 1 heterocycles. The Kier molecular flexibility index (Phi) is 5.75. The molecule has 2 N–H and O–H groups in total. The number of hydrogen-bond donors (Lipinski definition) is 2. The van der Waals surface area contributed by atoms with Crippen molar-refractivity contribution < 1.29 is 4.79 Å². The van der Waals surface area contributed by atoms with E-state index in [1.54, 1.807) is 0 Å². The lowest BCUT2D eigenvalue weighted by atomic mass is 10.0.